The highest BCUT2D eigenvalue weighted by atomic mass is 16.1. The van der Waals surface area contributed by atoms with Crippen molar-refractivity contribution in [2.24, 2.45) is 17.8 Å². The van der Waals surface area contributed by atoms with Gasteiger partial charge in [0.1, 0.15) is 0 Å². The second-order valence-electron chi connectivity index (χ2n) is 5.56. The summed E-state index contributed by atoms with van der Waals surface area (Å²) in [4.78, 5) is 11.9. The Morgan fingerprint density at radius 3 is 2.62 bits per heavy atom. The van der Waals surface area contributed by atoms with E-state index in [4.69, 9.17) is 0 Å². The third-order valence-electron chi connectivity index (χ3n) is 4.11. The first-order valence-electron chi connectivity index (χ1n) is 6.74. The quantitative estimate of drug-likeness (QED) is 0.763. The van der Waals surface area contributed by atoms with Gasteiger partial charge in [0.2, 0.25) is 5.91 Å². The van der Waals surface area contributed by atoms with Crippen molar-refractivity contribution in [3.8, 4) is 0 Å². The normalized spacial score (nSPS) is 34.9. The van der Waals surface area contributed by atoms with Crippen molar-refractivity contribution in [3.63, 3.8) is 0 Å². The highest BCUT2D eigenvalue weighted by Gasteiger charge is 2.25. The van der Waals surface area contributed by atoms with Gasteiger partial charge in [0, 0.05) is 12.5 Å². The van der Waals surface area contributed by atoms with Crippen molar-refractivity contribution in [1.29, 1.82) is 0 Å². The SMILES string of the molecule is CC1CCC(C(=O)NCC2CCNC2)CC1. The van der Waals surface area contributed by atoms with Gasteiger partial charge in [-0.15, -0.1) is 0 Å². The molecule has 1 atom stereocenters. The van der Waals surface area contributed by atoms with Crippen LogP contribution in [0.5, 0.6) is 0 Å². The largest absolute Gasteiger partial charge is 0.356 e. The Balaban J connectivity index is 1.67. The maximum atomic E-state index is 11.9. The highest BCUT2D eigenvalue weighted by Crippen LogP contribution is 2.28. The van der Waals surface area contributed by atoms with E-state index in [2.05, 4.69) is 17.6 Å². The number of nitrogens with one attached hydrogen (secondary N) is 2. The highest BCUT2D eigenvalue weighted by molar-refractivity contribution is 5.78. The van der Waals surface area contributed by atoms with Gasteiger partial charge in [0.05, 0.1) is 0 Å². The average Bonchev–Trinajstić information content (AvgIpc) is 2.80. The summed E-state index contributed by atoms with van der Waals surface area (Å²) in [6.45, 7) is 5.35. The van der Waals surface area contributed by atoms with E-state index >= 15 is 0 Å². The van der Waals surface area contributed by atoms with Gasteiger partial charge in [-0.25, -0.2) is 0 Å². The molecule has 1 unspecified atom stereocenters. The number of rotatable bonds is 3. The summed E-state index contributed by atoms with van der Waals surface area (Å²) < 4.78 is 0. The van der Waals surface area contributed by atoms with E-state index < -0.39 is 0 Å². The summed E-state index contributed by atoms with van der Waals surface area (Å²) in [5.74, 6) is 2.08. The summed E-state index contributed by atoms with van der Waals surface area (Å²) in [5.41, 5.74) is 0. The van der Waals surface area contributed by atoms with E-state index in [0.717, 1.165) is 38.4 Å². The predicted octanol–water partition coefficient (Wildman–Crippen LogP) is 1.54. The topological polar surface area (TPSA) is 41.1 Å². The smallest absolute Gasteiger partial charge is 0.223 e. The van der Waals surface area contributed by atoms with Crippen LogP contribution in [0, 0.1) is 17.8 Å². The van der Waals surface area contributed by atoms with E-state index in [0.29, 0.717) is 17.7 Å². The van der Waals surface area contributed by atoms with Crippen LogP contribution in [0.2, 0.25) is 0 Å². The first kappa shape index (κ1) is 11.9. The fourth-order valence-electron chi connectivity index (χ4n) is 2.80. The zero-order valence-electron chi connectivity index (χ0n) is 10.3. The van der Waals surface area contributed by atoms with Crippen molar-refractivity contribution >= 4 is 5.91 Å². The number of carbonyl (C=O) groups excluding carboxylic acids is 1. The molecule has 1 amide bonds. The molecule has 2 fully saturated rings. The number of hydrogen-bond acceptors (Lipinski definition) is 2. The van der Waals surface area contributed by atoms with Crippen molar-refractivity contribution in [1.82, 2.24) is 10.6 Å². The maximum Gasteiger partial charge on any atom is 0.223 e. The minimum absolute atomic E-state index is 0.297. The Bertz CT molecular complexity index is 228. The number of hydrogen-bond donors (Lipinski definition) is 2. The van der Waals surface area contributed by atoms with Gasteiger partial charge in [0.25, 0.3) is 0 Å². The molecule has 2 aliphatic rings. The van der Waals surface area contributed by atoms with Gasteiger partial charge in [-0.05, 0) is 57.0 Å². The maximum absolute atomic E-state index is 11.9. The van der Waals surface area contributed by atoms with E-state index in [-0.39, 0.29) is 0 Å². The van der Waals surface area contributed by atoms with Gasteiger partial charge in [-0.1, -0.05) is 6.92 Å². The molecule has 0 spiro atoms. The van der Waals surface area contributed by atoms with Gasteiger partial charge in [-0.2, -0.15) is 0 Å². The van der Waals surface area contributed by atoms with Crippen molar-refractivity contribution in [3.05, 3.63) is 0 Å². The second kappa shape index (κ2) is 5.67. The van der Waals surface area contributed by atoms with Crippen LogP contribution in [-0.4, -0.2) is 25.5 Å². The first-order valence-corrected chi connectivity index (χ1v) is 6.74. The molecule has 1 saturated carbocycles. The average molecular weight is 224 g/mol. The van der Waals surface area contributed by atoms with Crippen LogP contribution in [0.1, 0.15) is 39.0 Å². The molecule has 3 nitrogen and oxygen atoms in total. The third kappa shape index (κ3) is 3.21. The van der Waals surface area contributed by atoms with Crippen molar-refractivity contribution in [2.75, 3.05) is 19.6 Å². The summed E-state index contributed by atoms with van der Waals surface area (Å²) >= 11 is 0. The number of amides is 1. The first-order chi connectivity index (χ1) is 7.75. The molecular formula is C13H24N2O. The van der Waals surface area contributed by atoms with Crippen LogP contribution in [0.15, 0.2) is 0 Å². The Morgan fingerprint density at radius 2 is 2.00 bits per heavy atom. The van der Waals surface area contributed by atoms with Crippen LogP contribution in [-0.2, 0) is 4.79 Å². The van der Waals surface area contributed by atoms with E-state index in [1.165, 1.54) is 19.3 Å². The minimum Gasteiger partial charge on any atom is -0.356 e. The molecule has 2 N–H and O–H groups in total. The molecule has 92 valence electrons. The molecule has 0 aromatic carbocycles. The Labute approximate surface area is 98.4 Å². The molecular weight excluding hydrogens is 200 g/mol. The molecule has 1 heterocycles. The van der Waals surface area contributed by atoms with Crippen molar-refractivity contribution < 1.29 is 4.79 Å². The molecule has 1 aliphatic carbocycles. The van der Waals surface area contributed by atoms with E-state index in [1.54, 1.807) is 0 Å². The molecule has 0 bridgehead atoms. The van der Waals surface area contributed by atoms with Gasteiger partial charge >= 0.3 is 0 Å². The van der Waals surface area contributed by atoms with E-state index in [9.17, 15) is 4.79 Å². The fraction of sp³-hybridized carbons (Fsp3) is 0.923. The Kier molecular flexibility index (Phi) is 4.22. The van der Waals surface area contributed by atoms with E-state index in [1.807, 2.05) is 0 Å². The van der Waals surface area contributed by atoms with Gasteiger partial charge < -0.3 is 10.6 Å². The molecule has 16 heavy (non-hydrogen) atoms. The van der Waals surface area contributed by atoms with Gasteiger partial charge in [-0.3, -0.25) is 4.79 Å². The lowest BCUT2D eigenvalue weighted by molar-refractivity contribution is -0.126. The summed E-state index contributed by atoms with van der Waals surface area (Å²) in [6, 6.07) is 0. The molecule has 3 heteroatoms. The Hall–Kier alpha value is -0.570. The minimum atomic E-state index is 0.297. The lowest BCUT2D eigenvalue weighted by Crippen LogP contribution is -2.36. The number of carbonyl (C=O) groups is 1. The van der Waals surface area contributed by atoms with Crippen LogP contribution in [0.4, 0.5) is 0 Å². The Morgan fingerprint density at radius 1 is 1.25 bits per heavy atom. The summed E-state index contributed by atoms with van der Waals surface area (Å²) in [7, 11) is 0. The van der Waals surface area contributed by atoms with Crippen molar-refractivity contribution in [2.45, 2.75) is 39.0 Å². The molecule has 0 aromatic rings. The monoisotopic (exact) mass is 224 g/mol. The molecule has 2 rings (SSSR count). The molecule has 0 aromatic heterocycles. The zero-order valence-corrected chi connectivity index (χ0v) is 10.3. The van der Waals surface area contributed by atoms with Crippen LogP contribution in [0.3, 0.4) is 0 Å². The molecule has 0 radical (unpaired) electrons. The van der Waals surface area contributed by atoms with Gasteiger partial charge in [0.15, 0.2) is 0 Å². The molecule has 1 saturated heterocycles. The van der Waals surface area contributed by atoms with Crippen LogP contribution < -0.4 is 10.6 Å². The molecule has 1 aliphatic heterocycles. The second-order valence-corrected chi connectivity index (χ2v) is 5.56. The standard InChI is InChI=1S/C13H24N2O/c1-10-2-4-12(5-3-10)13(16)15-9-11-6-7-14-8-11/h10-12,14H,2-9H2,1H3,(H,15,16). The lowest BCUT2D eigenvalue weighted by atomic mass is 9.82. The summed E-state index contributed by atoms with van der Waals surface area (Å²) in [6.07, 6.45) is 5.85. The zero-order chi connectivity index (χ0) is 11.4. The third-order valence-corrected chi connectivity index (χ3v) is 4.11. The summed E-state index contributed by atoms with van der Waals surface area (Å²) in [5, 5.41) is 6.46. The van der Waals surface area contributed by atoms with Crippen LogP contribution >= 0.6 is 0 Å². The lowest BCUT2D eigenvalue weighted by Gasteiger charge is -2.25. The predicted molar refractivity (Wildman–Crippen MR) is 65.1 cm³/mol. The van der Waals surface area contributed by atoms with Crippen LogP contribution in [0.25, 0.3) is 0 Å². The fourth-order valence-corrected chi connectivity index (χ4v) is 2.80.